The van der Waals surface area contributed by atoms with E-state index in [0.29, 0.717) is 22.4 Å². The van der Waals surface area contributed by atoms with Gasteiger partial charge in [0.1, 0.15) is 0 Å². The third kappa shape index (κ3) is 3.48. The van der Waals surface area contributed by atoms with Crippen LogP contribution in [0.5, 0.6) is 0 Å². The van der Waals surface area contributed by atoms with Gasteiger partial charge in [-0.25, -0.2) is 4.79 Å². The molecule has 0 saturated carbocycles. The number of carbonyl (C=O) groups is 5. The standard InChI is InChI=1S/C26H25N3O7/c1-35-16-14-28-24(33)19-9-4-5-10-20(19)29-21(30)11-12-26(28,29)25(34)36-15-6-13-27-22(31)17-7-2-3-8-18(17)23(27)32/h2-5,7-10H,6,11-16H2,1H3. The van der Waals surface area contributed by atoms with E-state index in [1.54, 1.807) is 48.5 Å². The first-order valence-electron chi connectivity index (χ1n) is 11.8. The number of methoxy groups -OCH3 is 1. The van der Waals surface area contributed by atoms with Gasteiger partial charge in [-0.2, -0.15) is 0 Å². The number of para-hydroxylation sites is 1. The number of ether oxygens (including phenoxy) is 2. The van der Waals surface area contributed by atoms with E-state index in [1.165, 1.54) is 16.9 Å². The second-order valence-corrected chi connectivity index (χ2v) is 8.81. The fraction of sp³-hybridized carbons (Fsp3) is 0.346. The lowest BCUT2D eigenvalue weighted by Crippen LogP contribution is -2.69. The van der Waals surface area contributed by atoms with Crippen LogP contribution in [0, 0.1) is 0 Å². The van der Waals surface area contributed by atoms with E-state index in [9.17, 15) is 24.0 Å². The van der Waals surface area contributed by atoms with Gasteiger partial charge in [-0.05, 0) is 30.7 Å². The van der Waals surface area contributed by atoms with Crippen molar-refractivity contribution in [3.63, 3.8) is 0 Å². The van der Waals surface area contributed by atoms with Gasteiger partial charge in [0.2, 0.25) is 11.6 Å². The van der Waals surface area contributed by atoms with Gasteiger partial charge >= 0.3 is 5.97 Å². The summed E-state index contributed by atoms with van der Waals surface area (Å²) in [5.41, 5.74) is -0.200. The third-order valence-electron chi connectivity index (χ3n) is 6.86. The Kier molecular flexibility index (Phi) is 6.05. The second kappa shape index (κ2) is 9.19. The quantitative estimate of drug-likeness (QED) is 0.315. The van der Waals surface area contributed by atoms with Crippen molar-refractivity contribution in [1.82, 2.24) is 9.80 Å². The monoisotopic (exact) mass is 491 g/mol. The lowest BCUT2D eigenvalue weighted by Gasteiger charge is -2.48. The number of imide groups is 1. The number of esters is 1. The number of nitrogens with zero attached hydrogens (tertiary/aromatic N) is 3. The van der Waals surface area contributed by atoms with Crippen molar-refractivity contribution in [2.75, 3.05) is 38.3 Å². The number of amides is 4. The normalized spacial score (nSPS) is 20.5. The van der Waals surface area contributed by atoms with Crippen LogP contribution in [0.1, 0.15) is 50.3 Å². The average Bonchev–Trinajstić information content (AvgIpc) is 3.37. The van der Waals surface area contributed by atoms with Gasteiger partial charge in [0, 0.05) is 33.0 Å². The Morgan fingerprint density at radius 1 is 0.861 bits per heavy atom. The van der Waals surface area contributed by atoms with Gasteiger partial charge in [0.15, 0.2) is 0 Å². The van der Waals surface area contributed by atoms with Crippen LogP contribution >= 0.6 is 0 Å². The second-order valence-electron chi connectivity index (χ2n) is 8.81. The minimum atomic E-state index is -1.61. The maximum absolute atomic E-state index is 13.6. The molecule has 1 fully saturated rings. The van der Waals surface area contributed by atoms with Crippen molar-refractivity contribution in [2.24, 2.45) is 0 Å². The fourth-order valence-corrected chi connectivity index (χ4v) is 5.18. The van der Waals surface area contributed by atoms with E-state index < -0.39 is 11.6 Å². The Balaban J connectivity index is 1.33. The van der Waals surface area contributed by atoms with E-state index in [4.69, 9.17) is 9.47 Å². The molecule has 5 rings (SSSR count). The average molecular weight is 492 g/mol. The molecule has 3 heterocycles. The van der Waals surface area contributed by atoms with Crippen molar-refractivity contribution < 1.29 is 33.4 Å². The first-order chi connectivity index (χ1) is 17.4. The summed E-state index contributed by atoms with van der Waals surface area (Å²) in [6, 6.07) is 13.3. The summed E-state index contributed by atoms with van der Waals surface area (Å²) in [4.78, 5) is 68.9. The van der Waals surface area contributed by atoms with Crippen LogP contribution in [0.4, 0.5) is 5.69 Å². The summed E-state index contributed by atoms with van der Waals surface area (Å²) in [6.45, 7) is 0.247. The molecule has 10 heteroatoms. The number of benzene rings is 2. The summed E-state index contributed by atoms with van der Waals surface area (Å²) in [7, 11) is 1.49. The summed E-state index contributed by atoms with van der Waals surface area (Å²) in [6.07, 6.45) is 0.381. The Morgan fingerprint density at radius 2 is 1.50 bits per heavy atom. The van der Waals surface area contributed by atoms with Crippen LogP contribution in [-0.4, -0.2) is 78.5 Å². The maximum Gasteiger partial charge on any atom is 0.353 e. The van der Waals surface area contributed by atoms with E-state index >= 15 is 0 Å². The Morgan fingerprint density at radius 3 is 2.17 bits per heavy atom. The van der Waals surface area contributed by atoms with Crippen LogP contribution in [0.2, 0.25) is 0 Å². The molecule has 3 aliphatic rings. The molecular formula is C26H25N3O7. The first-order valence-corrected chi connectivity index (χ1v) is 11.8. The van der Waals surface area contributed by atoms with Crippen LogP contribution in [-0.2, 0) is 19.1 Å². The summed E-state index contributed by atoms with van der Waals surface area (Å²) < 4.78 is 10.8. The van der Waals surface area contributed by atoms with Crippen LogP contribution in [0.15, 0.2) is 48.5 Å². The minimum Gasteiger partial charge on any atom is -0.462 e. The zero-order valence-corrected chi connectivity index (χ0v) is 19.8. The number of rotatable bonds is 8. The fourth-order valence-electron chi connectivity index (χ4n) is 5.18. The Bertz CT molecular complexity index is 1240. The molecule has 1 unspecified atom stereocenters. The van der Waals surface area contributed by atoms with Crippen molar-refractivity contribution in [2.45, 2.75) is 24.9 Å². The topological polar surface area (TPSA) is 114 Å². The summed E-state index contributed by atoms with van der Waals surface area (Å²) >= 11 is 0. The summed E-state index contributed by atoms with van der Waals surface area (Å²) in [5.74, 6) is -2.15. The SMILES string of the molecule is COCCN1C(=O)c2ccccc2N2C(=O)CCC12C(=O)OCCCN1C(=O)c2ccccc2C1=O. The van der Waals surface area contributed by atoms with Gasteiger partial charge in [-0.15, -0.1) is 0 Å². The molecule has 36 heavy (non-hydrogen) atoms. The number of fused-ring (bicyclic) bond motifs is 4. The zero-order valence-electron chi connectivity index (χ0n) is 19.8. The highest BCUT2D eigenvalue weighted by molar-refractivity contribution is 6.21. The largest absolute Gasteiger partial charge is 0.462 e. The molecule has 2 aromatic carbocycles. The molecule has 0 spiro atoms. The molecule has 3 aliphatic heterocycles. The van der Waals surface area contributed by atoms with Gasteiger partial charge in [-0.1, -0.05) is 24.3 Å². The molecule has 4 amide bonds. The van der Waals surface area contributed by atoms with Crippen LogP contribution in [0.25, 0.3) is 0 Å². The van der Waals surface area contributed by atoms with E-state index in [1.807, 2.05) is 0 Å². The minimum absolute atomic E-state index is 0.0738. The van der Waals surface area contributed by atoms with E-state index in [2.05, 4.69) is 0 Å². The van der Waals surface area contributed by atoms with Gasteiger partial charge in [-0.3, -0.25) is 29.0 Å². The smallest absolute Gasteiger partial charge is 0.353 e. The molecule has 0 N–H and O–H groups in total. The molecule has 10 nitrogen and oxygen atoms in total. The molecule has 0 radical (unpaired) electrons. The summed E-state index contributed by atoms with van der Waals surface area (Å²) in [5, 5.41) is 0. The van der Waals surface area contributed by atoms with Crippen molar-refractivity contribution in [3.8, 4) is 0 Å². The predicted octanol–water partition coefficient (Wildman–Crippen LogP) is 1.84. The van der Waals surface area contributed by atoms with Crippen molar-refractivity contribution in [3.05, 3.63) is 65.2 Å². The molecule has 0 aromatic heterocycles. The van der Waals surface area contributed by atoms with Gasteiger partial charge < -0.3 is 14.4 Å². The first kappa shape index (κ1) is 23.7. The number of anilines is 1. The highest BCUT2D eigenvalue weighted by atomic mass is 16.5. The number of carbonyl (C=O) groups excluding carboxylic acids is 5. The molecule has 0 aliphatic carbocycles. The lowest BCUT2D eigenvalue weighted by atomic mass is 9.96. The number of hydrogen-bond acceptors (Lipinski definition) is 7. The Labute approximate surface area is 207 Å². The Hall–Kier alpha value is -4.05. The molecule has 1 atom stereocenters. The maximum atomic E-state index is 13.6. The molecule has 0 bridgehead atoms. The van der Waals surface area contributed by atoms with Crippen molar-refractivity contribution in [1.29, 1.82) is 0 Å². The molecule has 186 valence electrons. The van der Waals surface area contributed by atoms with Gasteiger partial charge in [0.25, 0.3) is 17.7 Å². The van der Waals surface area contributed by atoms with Crippen molar-refractivity contribution >= 4 is 35.3 Å². The molecule has 1 saturated heterocycles. The lowest BCUT2D eigenvalue weighted by molar-refractivity contribution is -0.157. The van der Waals surface area contributed by atoms with Gasteiger partial charge in [0.05, 0.1) is 35.6 Å². The number of hydrogen-bond donors (Lipinski definition) is 0. The van der Waals surface area contributed by atoms with E-state index in [-0.39, 0.29) is 69.2 Å². The highest BCUT2D eigenvalue weighted by Crippen LogP contribution is 2.45. The van der Waals surface area contributed by atoms with E-state index in [0.717, 1.165) is 4.90 Å². The predicted molar refractivity (Wildman–Crippen MR) is 126 cm³/mol. The highest BCUT2D eigenvalue weighted by Gasteiger charge is 2.61. The van der Waals surface area contributed by atoms with Crippen LogP contribution in [0.3, 0.4) is 0 Å². The molecular weight excluding hydrogens is 466 g/mol. The van der Waals surface area contributed by atoms with Crippen LogP contribution < -0.4 is 4.90 Å². The molecule has 2 aromatic rings. The zero-order chi connectivity index (χ0) is 25.4. The third-order valence-corrected chi connectivity index (χ3v) is 6.86.